The van der Waals surface area contributed by atoms with Gasteiger partial charge in [-0.1, -0.05) is 135 Å². The molecule has 0 N–H and O–H groups in total. The molecule has 0 aliphatic heterocycles. The summed E-state index contributed by atoms with van der Waals surface area (Å²) in [6, 6.07) is 56.6. The maximum absolute atomic E-state index is 2.48. The van der Waals surface area contributed by atoms with Crippen molar-refractivity contribution in [2.45, 2.75) is 44.9 Å². The standard InChI is InChI=1S/C47H39N/c1-47(2)43-21-11-10-20-40(43)42-30-41(35-26-23-33(24-27-35)37-28-25-32-13-6-7-15-36(32)29-37)46(31-44(42)47)48(38-17-4-3-5-18-38)45-22-12-16-34-14-8-9-19-39(34)45/h3-5,8-12,14,16-31H,6-7,13,15H2,1-2H3. The smallest absolute Gasteiger partial charge is 0.0543 e. The van der Waals surface area contributed by atoms with Crippen LogP contribution in [0.3, 0.4) is 0 Å². The van der Waals surface area contributed by atoms with E-state index in [1.165, 1.54) is 103 Å². The fourth-order valence-corrected chi connectivity index (χ4v) is 8.30. The van der Waals surface area contributed by atoms with Gasteiger partial charge in [0, 0.05) is 22.1 Å². The quantitative estimate of drug-likeness (QED) is 0.186. The fourth-order valence-electron chi connectivity index (χ4n) is 8.30. The Morgan fingerprint density at radius 3 is 2.00 bits per heavy atom. The molecule has 0 spiro atoms. The number of hydrogen-bond donors (Lipinski definition) is 0. The summed E-state index contributed by atoms with van der Waals surface area (Å²) >= 11 is 0. The molecule has 0 bridgehead atoms. The zero-order valence-electron chi connectivity index (χ0n) is 27.7. The molecule has 9 rings (SSSR count). The molecule has 232 valence electrons. The zero-order valence-corrected chi connectivity index (χ0v) is 27.7. The van der Waals surface area contributed by atoms with Crippen LogP contribution in [0, 0.1) is 0 Å². The molecule has 0 unspecified atom stereocenters. The first kappa shape index (κ1) is 28.8. The van der Waals surface area contributed by atoms with E-state index in [4.69, 9.17) is 0 Å². The highest BCUT2D eigenvalue weighted by atomic mass is 15.1. The molecule has 2 aliphatic rings. The van der Waals surface area contributed by atoms with Gasteiger partial charge >= 0.3 is 0 Å². The zero-order chi connectivity index (χ0) is 32.2. The van der Waals surface area contributed by atoms with Crippen molar-refractivity contribution < 1.29 is 0 Å². The summed E-state index contributed by atoms with van der Waals surface area (Å²) in [6.07, 6.45) is 5.01. The lowest BCUT2D eigenvalue weighted by molar-refractivity contribution is 0.660. The second kappa shape index (κ2) is 11.4. The van der Waals surface area contributed by atoms with Gasteiger partial charge in [-0.2, -0.15) is 0 Å². The van der Waals surface area contributed by atoms with Crippen LogP contribution in [0.4, 0.5) is 17.1 Å². The Hall–Kier alpha value is -5.40. The number of anilines is 3. The monoisotopic (exact) mass is 617 g/mol. The van der Waals surface area contributed by atoms with Crippen molar-refractivity contribution in [1.82, 2.24) is 0 Å². The highest BCUT2D eigenvalue weighted by Gasteiger charge is 2.37. The van der Waals surface area contributed by atoms with E-state index in [9.17, 15) is 0 Å². The molecule has 7 aromatic carbocycles. The van der Waals surface area contributed by atoms with Crippen LogP contribution in [0.5, 0.6) is 0 Å². The summed E-state index contributed by atoms with van der Waals surface area (Å²) in [5.74, 6) is 0. The summed E-state index contributed by atoms with van der Waals surface area (Å²) in [4.78, 5) is 2.48. The predicted octanol–water partition coefficient (Wildman–Crippen LogP) is 12.8. The van der Waals surface area contributed by atoms with E-state index >= 15 is 0 Å². The lowest BCUT2D eigenvalue weighted by Crippen LogP contribution is -2.17. The SMILES string of the molecule is CC1(C)c2ccccc2-c2cc(-c3ccc(-c4ccc5c(c4)CCCC5)cc3)c(N(c3ccccc3)c3cccc4ccccc34)cc21. The summed E-state index contributed by atoms with van der Waals surface area (Å²) in [5, 5.41) is 2.47. The molecular formula is C47H39N. The van der Waals surface area contributed by atoms with Crippen LogP contribution < -0.4 is 4.90 Å². The molecule has 48 heavy (non-hydrogen) atoms. The van der Waals surface area contributed by atoms with Crippen LogP contribution in [0.2, 0.25) is 0 Å². The Morgan fingerprint density at radius 1 is 0.458 bits per heavy atom. The molecule has 0 heterocycles. The molecule has 1 nitrogen and oxygen atoms in total. The van der Waals surface area contributed by atoms with Crippen molar-refractivity contribution >= 4 is 27.8 Å². The van der Waals surface area contributed by atoms with E-state index in [2.05, 4.69) is 170 Å². The van der Waals surface area contributed by atoms with E-state index in [0.717, 1.165) is 5.69 Å². The van der Waals surface area contributed by atoms with Crippen LogP contribution in [0.1, 0.15) is 48.9 Å². The van der Waals surface area contributed by atoms with Gasteiger partial charge in [-0.3, -0.25) is 0 Å². The number of benzene rings is 7. The summed E-state index contributed by atoms with van der Waals surface area (Å²) in [7, 11) is 0. The lowest BCUT2D eigenvalue weighted by atomic mass is 9.81. The minimum Gasteiger partial charge on any atom is -0.309 e. The second-order valence-electron chi connectivity index (χ2n) is 14.0. The van der Waals surface area contributed by atoms with Crippen molar-refractivity contribution in [3.8, 4) is 33.4 Å². The third-order valence-electron chi connectivity index (χ3n) is 10.8. The fraction of sp³-hybridized carbons (Fsp3) is 0.149. The first-order chi connectivity index (χ1) is 23.6. The summed E-state index contributed by atoms with van der Waals surface area (Å²) < 4.78 is 0. The van der Waals surface area contributed by atoms with Crippen molar-refractivity contribution in [3.63, 3.8) is 0 Å². The molecule has 0 aromatic heterocycles. The Labute approximate surface area is 284 Å². The van der Waals surface area contributed by atoms with E-state index in [0.29, 0.717) is 0 Å². The van der Waals surface area contributed by atoms with Crippen LogP contribution in [0.25, 0.3) is 44.2 Å². The Bertz CT molecular complexity index is 2300. The maximum atomic E-state index is 2.48. The minimum absolute atomic E-state index is 0.114. The van der Waals surface area contributed by atoms with Gasteiger partial charge in [0.05, 0.1) is 11.4 Å². The Morgan fingerprint density at radius 2 is 1.15 bits per heavy atom. The lowest BCUT2D eigenvalue weighted by Gasteiger charge is -2.31. The van der Waals surface area contributed by atoms with E-state index < -0.39 is 0 Å². The number of fused-ring (bicyclic) bond motifs is 5. The first-order valence-corrected chi connectivity index (χ1v) is 17.4. The number of hydrogen-bond acceptors (Lipinski definition) is 1. The van der Waals surface area contributed by atoms with E-state index in [-0.39, 0.29) is 5.41 Å². The Kier molecular flexibility index (Phi) is 6.83. The molecule has 0 radical (unpaired) electrons. The van der Waals surface area contributed by atoms with Gasteiger partial charge in [-0.15, -0.1) is 0 Å². The van der Waals surface area contributed by atoms with Crippen molar-refractivity contribution in [2.24, 2.45) is 0 Å². The number of nitrogens with zero attached hydrogens (tertiary/aromatic N) is 1. The second-order valence-corrected chi connectivity index (χ2v) is 14.0. The Balaban J connectivity index is 1.27. The average molecular weight is 618 g/mol. The van der Waals surface area contributed by atoms with Crippen LogP contribution in [0.15, 0.2) is 152 Å². The topological polar surface area (TPSA) is 3.24 Å². The van der Waals surface area contributed by atoms with Crippen LogP contribution in [-0.2, 0) is 18.3 Å². The summed E-state index contributed by atoms with van der Waals surface area (Å²) in [5.41, 5.74) is 16.9. The number of rotatable bonds is 5. The summed E-state index contributed by atoms with van der Waals surface area (Å²) in [6.45, 7) is 4.75. The number of para-hydroxylation sites is 1. The van der Waals surface area contributed by atoms with Crippen LogP contribution >= 0.6 is 0 Å². The van der Waals surface area contributed by atoms with Gasteiger partial charge in [0.1, 0.15) is 0 Å². The minimum atomic E-state index is -0.114. The highest BCUT2D eigenvalue weighted by Crippen LogP contribution is 2.54. The van der Waals surface area contributed by atoms with E-state index in [1.54, 1.807) is 0 Å². The molecule has 0 amide bonds. The molecule has 2 aliphatic carbocycles. The highest BCUT2D eigenvalue weighted by molar-refractivity contribution is 6.02. The first-order valence-electron chi connectivity index (χ1n) is 17.4. The molecule has 0 saturated carbocycles. The third-order valence-corrected chi connectivity index (χ3v) is 10.8. The predicted molar refractivity (Wildman–Crippen MR) is 204 cm³/mol. The van der Waals surface area contributed by atoms with Gasteiger partial charge in [-0.05, 0) is 111 Å². The van der Waals surface area contributed by atoms with Gasteiger partial charge in [0.2, 0.25) is 0 Å². The van der Waals surface area contributed by atoms with Gasteiger partial charge in [0.25, 0.3) is 0 Å². The molecular weight excluding hydrogens is 579 g/mol. The largest absolute Gasteiger partial charge is 0.309 e. The van der Waals surface area contributed by atoms with Gasteiger partial charge in [-0.25, -0.2) is 0 Å². The van der Waals surface area contributed by atoms with Crippen molar-refractivity contribution in [3.05, 3.63) is 174 Å². The van der Waals surface area contributed by atoms with Gasteiger partial charge in [0.15, 0.2) is 0 Å². The third kappa shape index (κ3) is 4.68. The number of aryl methyl sites for hydroxylation is 2. The maximum Gasteiger partial charge on any atom is 0.0543 e. The van der Waals surface area contributed by atoms with Gasteiger partial charge < -0.3 is 4.90 Å². The molecule has 0 atom stereocenters. The molecule has 0 saturated heterocycles. The average Bonchev–Trinajstić information content (AvgIpc) is 3.37. The van der Waals surface area contributed by atoms with Crippen molar-refractivity contribution in [2.75, 3.05) is 4.90 Å². The molecule has 0 fully saturated rings. The molecule has 7 aromatic rings. The van der Waals surface area contributed by atoms with Crippen molar-refractivity contribution in [1.29, 1.82) is 0 Å². The normalized spacial score (nSPS) is 14.3. The van der Waals surface area contributed by atoms with E-state index in [1.807, 2.05) is 0 Å². The molecule has 1 heteroatoms. The van der Waals surface area contributed by atoms with Crippen LogP contribution in [-0.4, -0.2) is 0 Å².